The van der Waals surface area contributed by atoms with Crippen LogP contribution < -0.4 is 5.32 Å². The Morgan fingerprint density at radius 3 is 3.07 bits per heavy atom. The van der Waals surface area contributed by atoms with Crippen molar-refractivity contribution >= 4 is 5.97 Å². The van der Waals surface area contributed by atoms with Gasteiger partial charge in [0.1, 0.15) is 6.04 Å². The monoisotopic (exact) mass is 195 g/mol. The molecule has 1 fully saturated rings. The van der Waals surface area contributed by atoms with Gasteiger partial charge in [0.15, 0.2) is 0 Å². The number of nitrogens with one attached hydrogen (secondary N) is 1. The lowest BCUT2D eigenvalue weighted by molar-refractivity contribution is -0.140. The predicted molar refractivity (Wildman–Crippen MR) is 49.9 cm³/mol. The molecule has 2 unspecified atom stereocenters. The van der Waals surface area contributed by atoms with Crippen LogP contribution in [-0.4, -0.2) is 17.1 Å². The minimum Gasteiger partial charge on any atom is -0.480 e. The van der Waals surface area contributed by atoms with E-state index < -0.39 is 12.0 Å². The average Bonchev–Trinajstić information content (AvgIpc) is 2.71. The molecule has 0 radical (unpaired) electrons. The topological polar surface area (TPSA) is 62.5 Å². The van der Waals surface area contributed by atoms with Crippen molar-refractivity contribution in [2.24, 2.45) is 0 Å². The van der Waals surface area contributed by atoms with Crippen molar-refractivity contribution in [3.63, 3.8) is 0 Å². The highest BCUT2D eigenvalue weighted by Crippen LogP contribution is 2.25. The van der Waals surface area contributed by atoms with E-state index >= 15 is 0 Å². The lowest BCUT2D eigenvalue weighted by Crippen LogP contribution is -2.42. The fraction of sp³-hybridized carbons (Fsp3) is 0.500. The summed E-state index contributed by atoms with van der Waals surface area (Å²) in [5, 5.41) is 12.0. The second kappa shape index (κ2) is 3.84. The number of carboxylic acid groups (broad SMARTS) is 1. The number of aliphatic carboxylic acids is 1. The highest BCUT2D eigenvalue weighted by Gasteiger charge is 2.26. The molecule has 1 saturated heterocycles. The molecule has 4 nitrogen and oxygen atoms in total. The largest absolute Gasteiger partial charge is 0.480 e. The second-order valence-electron chi connectivity index (χ2n) is 3.60. The van der Waals surface area contributed by atoms with Crippen LogP contribution in [0.4, 0.5) is 0 Å². The molecule has 0 aromatic carbocycles. The Kier molecular flexibility index (Phi) is 2.54. The molecule has 1 aliphatic rings. The van der Waals surface area contributed by atoms with Crippen molar-refractivity contribution in [1.82, 2.24) is 5.32 Å². The highest BCUT2D eigenvalue weighted by molar-refractivity contribution is 5.73. The molecule has 1 aliphatic heterocycles. The Hall–Kier alpha value is -1.29. The van der Waals surface area contributed by atoms with E-state index in [1.807, 2.05) is 6.07 Å². The maximum Gasteiger partial charge on any atom is 0.320 e. The number of furan rings is 1. The van der Waals surface area contributed by atoms with Crippen LogP contribution in [0.5, 0.6) is 0 Å². The van der Waals surface area contributed by atoms with Gasteiger partial charge in [-0.25, -0.2) is 0 Å². The molecule has 0 spiro atoms. The minimum absolute atomic E-state index is 0.128. The minimum atomic E-state index is -0.766. The van der Waals surface area contributed by atoms with Crippen molar-refractivity contribution in [1.29, 1.82) is 0 Å². The second-order valence-corrected chi connectivity index (χ2v) is 3.60. The van der Waals surface area contributed by atoms with Crippen LogP contribution in [0.15, 0.2) is 23.0 Å². The van der Waals surface area contributed by atoms with Crippen molar-refractivity contribution in [2.45, 2.75) is 31.3 Å². The smallest absolute Gasteiger partial charge is 0.320 e. The first-order chi connectivity index (χ1) is 6.77. The molecule has 0 bridgehead atoms. The third-order valence-electron chi connectivity index (χ3n) is 2.63. The van der Waals surface area contributed by atoms with Crippen LogP contribution in [0.2, 0.25) is 0 Å². The molecule has 0 aliphatic carbocycles. The van der Waals surface area contributed by atoms with E-state index in [4.69, 9.17) is 9.52 Å². The van der Waals surface area contributed by atoms with Crippen LogP contribution in [0.1, 0.15) is 30.9 Å². The van der Waals surface area contributed by atoms with Crippen molar-refractivity contribution in [3.05, 3.63) is 24.2 Å². The van der Waals surface area contributed by atoms with Gasteiger partial charge in [0.05, 0.1) is 12.5 Å². The summed E-state index contributed by atoms with van der Waals surface area (Å²) in [6.45, 7) is 0. The standard InChI is InChI=1S/C10H13NO3/c12-10(13)9-3-1-2-8(11-9)7-4-5-14-6-7/h4-6,8-9,11H,1-3H2,(H,12,13). The summed E-state index contributed by atoms with van der Waals surface area (Å²) < 4.78 is 4.98. The molecule has 2 atom stereocenters. The Morgan fingerprint density at radius 2 is 2.43 bits per heavy atom. The Balaban J connectivity index is 2.04. The summed E-state index contributed by atoms with van der Waals surface area (Å²) in [6.07, 6.45) is 5.91. The summed E-state index contributed by atoms with van der Waals surface area (Å²) in [6, 6.07) is 1.59. The molecule has 2 N–H and O–H groups in total. The predicted octanol–water partition coefficient (Wildman–Crippen LogP) is 1.55. The highest BCUT2D eigenvalue weighted by atomic mass is 16.4. The quantitative estimate of drug-likeness (QED) is 0.751. The SMILES string of the molecule is O=C(O)C1CCCC(c2ccoc2)N1. The van der Waals surface area contributed by atoms with Crippen LogP contribution in [-0.2, 0) is 4.79 Å². The number of hydrogen-bond acceptors (Lipinski definition) is 3. The molecular weight excluding hydrogens is 182 g/mol. The third-order valence-corrected chi connectivity index (χ3v) is 2.63. The van der Waals surface area contributed by atoms with Crippen LogP contribution in [0.3, 0.4) is 0 Å². The van der Waals surface area contributed by atoms with Gasteiger partial charge in [0.2, 0.25) is 0 Å². The number of hydrogen-bond donors (Lipinski definition) is 2. The van der Waals surface area contributed by atoms with Gasteiger partial charge < -0.3 is 9.52 Å². The van der Waals surface area contributed by atoms with E-state index in [0.29, 0.717) is 6.42 Å². The maximum absolute atomic E-state index is 10.8. The van der Waals surface area contributed by atoms with E-state index in [0.717, 1.165) is 18.4 Å². The van der Waals surface area contributed by atoms with Gasteiger partial charge >= 0.3 is 5.97 Å². The summed E-state index contributed by atoms with van der Waals surface area (Å²) in [5.74, 6) is -0.766. The first-order valence-electron chi connectivity index (χ1n) is 4.78. The van der Waals surface area contributed by atoms with E-state index in [1.165, 1.54) is 0 Å². The van der Waals surface area contributed by atoms with Gasteiger partial charge in [-0.05, 0) is 25.3 Å². The number of carboxylic acids is 1. The van der Waals surface area contributed by atoms with Crippen LogP contribution in [0, 0.1) is 0 Å². The maximum atomic E-state index is 10.8. The Labute approximate surface area is 81.9 Å². The van der Waals surface area contributed by atoms with Gasteiger partial charge in [-0.15, -0.1) is 0 Å². The van der Waals surface area contributed by atoms with Crippen LogP contribution >= 0.6 is 0 Å². The van der Waals surface area contributed by atoms with Crippen molar-refractivity contribution < 1.29 is 14.3 Å². The molecule has 14 heavy (non-hydrogen) atoms. The number of piperidine rings is 1. The molecule has 1 aromatic rings. The summed E-state index contributed by atoms with van der Waals surface area (Å²) in [5.41, 5.74) is 1.04. The molecule has 2 rings (SSSR count). The molecular formula is C10H13NO3. The lowest BCUT2D eigenvalue weighted by atomic mass is 9.95. The fourth-order valence-electron chi connectivity index (χ4n) is 1.87. The summed E-state index contributed by atoms with van der Waals surface area (Å²) in [7, 11) is 0. The van der Waals surface area contributed by atoms with Crippen molar-refractivity contribution in [2.75, 3.05) is 0 Å². The zero-order valence-electron chi connectivity index (χ0n) is 7.77. The van der Waals surface area contributed by atoms with Gasteiger partial charge in [-0.2, -0.15) is 0 Å². The molecule has 76 valence electrons. The van der Waals surface area contributed by atoms with E-state index in [9.17, 15) is 4.79 Å². The van der Waals surface area contributed by atoms with E-state index in [2.05, 4.69) is 5.32 Å². The van der Waals surface area contributed by atoms with Crippen LogP contribution in [0.25, 0.3) is 0 Å². The Bertz CT molecular complexity index is 307. The van der Waals surface area contributed by atoms with Gasteiger partial charge in [-0.1, -0.05) is 0 Å². The fourth-order valence-corrected chi connectivity index (χ4v) is 1.87. The normalized spacial score (nSPS) is 27.4. The molecule has 4 heteroatoms. The lowest BCUT2D eigenvalue weighted by Gasteiger charge is -2.27. The van der Waals surface area contributed by atoms with E-state index in [-0.39, 0.29) is 6.04 Å². The van der Waals surface area contributed by atoms with Gasteiger partial charge in [-0.3, -0.25) is 10.1 Å². The van der Waals surface area contributed by atoms with Gasteiger partial charge in [0.25, 0.3) is 0 Å². The zero-order chi connectivity index (χ0) is 9.97. The summed E-state index contributed by atoms with van der Waals surface area (Å²) >= 11 is 0. The molecule has 2 heterocycles. The molecule has 1 aromatic heterocycles. The zero-order valence-corrected chi connectivity index (χ0v) is 7.77. The number of rotatable bonds is 2. The summed E-state index contributed by atoms with van der Waals surface area (Å²) in [4.78, 5) is 10.8. The van der Waals surface area contributed by atoms with Crippen molar-refractivity contribution in [3.8, 4) is 0 Å². The Morgan fingerprint density at radius 1 is 1.57 bits per heavy atom. The first-order valence-corrected chi connectivity index (χ1v) is 4.78. The average molecular weight is 195 g/mol. The molecule has 0 saturated carbocycles. The molecule has 0 amide bonds. The third kappa shape index (κ3) is 1.80. The van der Waals surface area contributed by atoms with Gasteiger partial charge in [0, 0.05) is 11.6 Å². The first kappa shape index (κ1) is 9.27. The number of carbonyl (C=O) groups is 1. The van der Waals surface area contributed by atoms with E-state index in [1.54, 1.807) is 12.5 Å².